The van der Waals surface area contributed by atoms with Crippen LogP contribution in [0.5, 0.6) is 11.5 Å². The molecule has 0 amide bonds. The molecule has 2 fully saturated rings. The number of fused-ring (bicyclic) bond motifs is 1. The highest BCUT2D eigenvalue weighted by Crippen LogP contribution is 2.55. The number of phenols is 1. The fourth-order valence-corrected chi connectivity index (χ4v) is 5.76. The summed E-state index contributed by atoms with van der Waals surface area (Å²) in [5.41, 5.74) is 9.25. The number of phenolic OH excluding ortho intramolecular Hbond substituents is 1. The minimum atomic E-state index is -0.132. The third-order valence-electron chi connectivity index (χ3n) is 7.51. The lowest BCUT2D eigenvalue weighted by molar-refractivity contribution is -0.154. The number of aromatic nitrogens is 2. The molecule has 2 aromatic carbocycles. The Bertz CT molecular complexity index is 1110. The maximum absolute atomic E-state index is 9.74. The Morgan fingerprint density at radius 3 is 2.44 bits per heavy atom. The van der Waals surface area contributed by atoms with E-state index in [1.807, 2.05) is 23.0 Å². The molecule has 2 heterocycles. The predicted molar refractivity (Wildman–Crippen MR) is 126 cm³/mol. The molecule has 6 heteroatoms. The second-order valence-electron chi connectivity index (χ2n) is 10.5. The predicted octanol–water partition coefficient (Wildman–Crippen LogP) is 5.25. The van der Waals surface area contributed by atoms with Crippen molar-refractivity contribution in [2.24, 2.45) is 16.6 Å². The molecular formula is C26H33N3O3. The summed E-state index contributed by atoms with van der Waals surface area (Å²) in [6.45, 7) is 9.46. The van der Waals surface area contributed by atoms with Gasteiger partial charge in [0.1, 0.15) is 17.6 Å². The van der Waals surface area contributed by atoms with Gasteiger partial charge in [-0.2, -0.15) is 5.10 Å². The van der Waals surface area contributed by atoms with Crippen LogP contribution >= 0.6 is 0 Å². The lowest BCUT2D eigenvalue weighted by Gasteiger charge is -2.61. The summed E-state index contributed by atoms with van der Waals surface area (Å²) in [5.74, 6) is 1.06. The van der Waals surface area contributed by atoms with Gasteiger partial charge in [-0.3, -0.25) is 0 Å². The maximum Gasteiger partial charge on any atom is 0.150 e. The SMILES string of the molecule is CC1(C)[C@H](N)C(C)(C)[C@H]1Oc1cc(-c2ccc(O)cc2)cc2c1cnn2C1CCCCO1. The number of hydrogen-bond donors (Lipinski definition) is 2. The Balaban J connectivity index is 1.62. The third kappa shape index (κ3) is 3.28. The van der Waals surface area contributed by atoms with Crippen molar-refractivity contribution >= 4 is 10.9 Å². The minimum absolute atomic E-state index is 0.0162. The fourth-order valence-electron chi connectivity index (χ4n) is 5.76. The molecule has 32 heavy (non-hydrogen) atoms. The number of rotatable bonds is 4. The number of ether oxygens (including phenoxy) is 2. The van der Waals surface area contributed by atoms with Crippen LogP contribution in [0.4, 0.5) is 0 Å². The van der Waals surface area contributed by atoms with Crippen molar-refractivity contribution in [2.75, 3.05) is 6.61 Å². The van der Waals surface area contributed by atoms with Gasteiger partial charge in [0, 0.05) is 23.5 Å². The molecule has 1 atom stereocenters. The molecule has 0 bridgehead atoms. The van der Waals surface area contributed by atoms with Gasteiger partial charge in [-0.05, 0) is 54.7 Å². The molecule has 1 unspecified atom stereocenters. The number of nitrogens with two attached hydrogens (primary N) is 1. The topological polar surface area (TPSA) is 82.5 Å². The van der Waals surface area contributed by atoms with E-state index in [9.17, 15) is 5.11 Å². The van der Waals surface area contributed by atoms with Gasteiger partial charge in [0.15, 0.2) is 6.23 Å². The van der Waals surface area contributed by atoms with Crippen LogP contribution in [-0.4, -0.2) is 33.6 Å². The first-order chi connectivity index (χ1) is 15.2. The van der Waals surface area contributed by atoms with Gasteiger partial charge in [-0.25, -0.2) is 4.68 Å². The number of benzene rings is 2. The summed E-state index contributed by atoms with van der Waals surface area (Å²) in [6, 6.07) is 11.5. The van der Waals surface area contributed by atoms with E-state index >= 15 is 0 Å². The number of hydrogen-bond acceptors (Lipinski definition) is 5. The van der Waals surface area contributed by atoms with Crippen LogP contribution in [0.3, 0.4) is 0 Å². The van der Waals surface area contributed by atoms with Gasteiger partial charge in [0.05, 0.1) is 17.1 Å². The van der Waals surface area contributed by atoms with Gasteiger partial charge >= 0.3 is 0 Å². The highest BCUT2D eigenvalue weighted by atomic mass is 16.5. The van der Waals surface area contributed by atoms with E-state index in [1.54, 1.807) is 12.1 Å². The molecule has 6 nitrogen and oxygen atoms in total. The summed E-state index contributed by atoms with van der Waals surface area (Å²) in [5, 5.41) is 15.4. The van der Waals surface area contributed by atoms with Gasteiger partial charge < -0.3 is 20.3 Å². The molecule has 3 N–H and O–H groups in total. The molecule has 2 aliphatic rings. The highest BCUT2D eigenvalue weighted by molar-refractivity contribution is 5.90. The van der Waals surface area contributed by atoms with E-state index in [0.717, 1.165) is 53.6 Å². The van der Waals surface area contributed by atoms with Crippen molar-refractivity contribution < 1.29 is 14.6 Å². The molecule has 0 radical (unpaired) electrons. The quantitative estimate of drug-likeness (QED) is 0.585. The molecule has 1 aliphatic heterocycles. The van der Waals surface area contributed by atoms with Crippen LogP contribution in [0.15, 0.2) is 42.6 Å². The third-order valence-corrected chi connectivity index (χ3v) is 7.51. The fraction of sp³-hybridized carbons (Fsp3) is 0.500. The van der Waals surface area contributed by atoms with E-state index in [1.165, 1.54) is 0 Å². The average Bonchev–Trinajstić information content (AvgIpc) is 3.22. The minimum Gasteiger partial charge on any atom is -0.508 e. The largest absolute Gasteiger partial charge is 0.508 e. The first-order valence-corrected chi connectivity index (χ1v) is 11.5. The van der Waals surface area contributed by atoms with Crippen molar-refractivity contribution in [3.63, 3.8) is 0 Å². The van der Waals surface area contributed by atoms with Crippen molar-refractivity contribution in [3.8, 4) is 22.6 Å². The van der Waals surface area contributed by atoms with E-state index < -0.39 is 0 Å². The molecule has 3 aromatic rings. The van der Waals surface area contributed by atoms with Crippen LogP contribution in [0.1, 0.15) is 53.2 Å². The van der Waals surface area contributed by atoms with Crippen LogP contribution < -0.4 is 10.5 Å². The van der Waals surface area contributed by atoms with E-state index in [0.29, 0.717) is 0 Å². The monoisotopic (exact) mass is 435 g/mol. The standard InChI is InChI=1S/C26H33N3O3/c1-25(2)23(27)26(3,4)24(25)32-21-14-17(16-8-10-18(30)11-9-16)13-20-19(21)15-28-29(20)22-7-5-6-12-31-22/h8-11,13-15,22-24,30H,5-7,12,27H2,1-4H3/t22?,23-,24-. The molecule has 0 spiro atoms. The molecule has 1 aromatic heterocycles. The Morgan fingerprint density at radius 1 is 1.06 bits per heavy atom. The lowest BCUT2D eigenvalue weighted by atomic mass is 9.50. The van der Waals surface area contributed by atoms with Crippen molar-refractivity contribution in [1.29, 1.82) is 0 Å². The first kappa shape index (κ1) is 21.3. The van der Waals surface area contributed by atoms with E-state index in [4.69, 9.17) is 20.3 Å². The van der Waals surface area contributed by atoms with Gasteiger partial charge in [-0.1, -0.05) is 39.8 Å². The van der Waals surface area contributed by atoms with Gasteiger partial charge in [-0.15, -0.1) is 0 Å². The van der Waals surface area contributed by atoms with Gasteiger partial charge in [0.2, 0.25) is 0 Å². The normalized spacial score (nSPS) is 26.6. The number of nitrogens with zero attached hydrogens (tertiary/aromatic N) is 2. The molecule has 1 aliphatic carbocycles. The zero-order chi connectivity index (χ0) is 22.7. The van der Waals surface area contributed by atoms with Crippen molar-refractivity contribution in [1.82, 2.24) is 9.78 Å². The Hall–Kier alpha value is -2.57. The van der Waals surface area contributed by atoms with Crippen molar-refractivity contribution in [3.05, 3.63) is 42.6 Å². The zero-order valence-corrected chi connectivity index (χ0v) is 19.3. The van der Waals surface area contributed by atoms with Gasteiger partial charge in [0.25, 0.3) is 0 Å². The summed E-state index contributed by atoms with van der Waals surface area (Å²) < 4.78 is 14.8. The summed E-state index contributed by atoms with van der Waals surface area (Å²) in [7, 11) is 0. The lowest BCUT2D eigenvalue weighted by Crippen LogP contribution is -2.72. The molecule has 1 saturated carbocycles. The first-order valence-electron chi connectivity index (χ1n) is 11.5. The molecule has 1 saturated heterocycles. The smallest absolute Gasteiger partial charge is 0.150 e. The Kier molecular flexibility index (Phi) is 4.98. The molecule has 5 rings (SSSR count). The van der Waals surface area contributed by atoms with Crippen LogP contribution in [-0.2, 0) is 4.74 Å². The molecule has 170 valence electrons. The average molecular weight is 436 g/mol. The van der Waals surface area contributed by atoms with Crippen LogP contribution in [0.2, 0.25) is 0 Å². The Morgan fingerprint density at radius 2 is 1.78 bits per heavy atom. The second kappa shape index (κ2) is 7.49. The summed E-state index contributed by atoms with van der Waals surface area (Å²) in [4.78, 5) is 0. The van der Waals surface area contributed by atoms with Crippen LogP contribution in [0, 0.1) is 10.8 Å². The number of aromatic hydroxyl groups is 1. The molecular weight excluding hydrogens is 402 g/mol. The van der Waals surface area contributed by atoms with Crippen LogP contribution in [0.25, 0.3) is 22.0 Å². The maximum atomic E-state index is 9.74. The zero-order valence-electron chi connectivity index (χ0n) is 19.3. The van der Waals surface area contributed by atoms with Crippen molar-refractivity contribution in [2.45, 2.75) is 65.3 Å². The van der Waals surface area contributed by atoms with E-state index in [-0.39, 0.29) is 35.0 Å². The van der Waals surface area contributed by atoms with E-state index in [2.05, 4.69) is 39.8 Å². The Labute approximate surface area is 189 Å². The highest BCUT2D eigenvalue weighted by Gasteiger charge is 2.62. The second-order valence-corrected chi connectivity index (χ2v) is 10.5. The summed E-state index contributed by atoms with van der Waals surface area (Å²) in [6.07, 6.45) is 4.99. The summed E-state index contributed by atoms with van der Waals surface area (Å²) >= 11 is 0.